The Kier molecular flexibility index (Phi) is 4.18. The van der Waals surface area contributed by atoms with Gasteiger partial charge in [0, 0.05) is 12.4 Å². The maximum Gasteiger partial charge on any atom is 0.197 e. The maximum atomic E-state index is 13.5. The van der Waals surface area contributed by atoms with Gasteiger partial charge in [0.25, 0.3) is 0 Å². The average Bonchev–Trinajstić information content (AvgIpc) is 2.71. The van der Waals surface area contributed by atoms with Crippen molar-refractivity contribution >= 4 is 10.9 Å². The highest BCUT2D eigenvalue weighted by Crippen LogP contribution is 2.32. The van der Waals surface area contributed by atoms with Crippen molar-refractivity contribution < 1.29 is 0 Å². The number of hydrogen-bond donors (Lipinski definition) is 0. The fourth-order valence-electron chi connectivity index (χ4n) is 3.61. The van der Waals surface area contributed by atoms with Crippen LogP contribution in [0.1, 0.15) is 12.5 Å². The summed E-state index contributed by atoms with van der Waals surface area (Å²) in [5.74, 6) is 0. The van der Waals surface area contributed by atoms with E-state index in [1.807, 2.05) is 61.6 Å². The largest absolute Gasteiger partial charge is 0.343 e. The SMILES string of the molecule is CCc1ccc2c(c1)c(=O)c(-c1ccccc1)c(-c1ccccc1)n2C. The molecule has 0 fully saturated rings. The predicted octanol–water partition coefficient (Wildman–Crippen LogP) is 5.43. The number of rotatable bonds is 3. The number of hydrogen-bond acceptors (Lipinski definition) is 1. The highest BCUT2D eigenvalue weighted by Gasteiger charge is 2.18. The fraction of sp³-hybridized carbons (Fsp3) is 0.125. The van der Waals surface area contributed by atoms with E-state index in [0.29, 0.717) is 0 Å². The van der Waals surface area contributed by atoms with E-state index in [2.05, 4.69) is 35.8 Å². The summed E-state index contributed by atoms with van der Waals surface area (Å²) < 4.78 is 2.15. The second-order valence-electron chi connectivity index (χ2n) is 6.55. The number of benzene rings is 3. The molecule has 1 heterocycles. The smallest absolute Gasteiger partial charge is 0.197 e. The van der Waals surface area contributed by atoms with Crippen LogP contribution in [0.25, 0.3) is 33.3 Å². The third-order valence-corrected chi connectivity index (χ3v) is 4.98. The van der Waals surface area contributed by atoms with Gasteiger partial charge in [-0.3, -0.25) is 4.79 Å². The lowest BCUT2D eigenvalue weighted by Gasteiger charge is -2.18. The zero-order valence-corrected chi connectivity index (χ0v) is 15.1. The van der Waals surface area contributed by atoms with E-state index in [1.54, 1.807) is 0 Å². The molecule has 2 heteroatoms. The molecule has 4 rings (SSSR count). The topological polar surface area (TPSA) is 22.0 Å². The van der Waals surface area contributed by atoms with E-state index in [4.69, 9.17) is 0 Å². The van der Waals surface area contributed by atoms with Gasteiger partial charge in [0.2, 0.25) is 0 Å². The Balaban J connectivity index is 2.18. The van der Waals surface area contributed by atoms with E-state index < -0.39 is 0 Å². The zero-order valence-electron chi connectivity index (χ0n) is 15.1. The molecule has 4 aromatic rings. The summed E-state index contributed by atoms with van der Waals surface area (Å²) >= 11 is 0. The molecule has 2 nitrogen and oxygen atoms in total. The molecule has 26 heavy (non-hydrogen) atoms. The molecule has 0 radical (unpaired) electrons. The molecule has 0 unspecified atom stereocenters. The first-order valence-electron chi connectivity index (χ1n) is 8.97. The summed E-state index contributed by atoms with van der Waals surface area (Å²) in [6.45, 7) is 2.11. The van der Waals surface area contributed by atoms with Crippen LogP contribution in [0.2, 0.25) is 0 Å². The van der Waals surface area contributed by atoms with Crippen LogP contribution in [-0.2, 0) is 13.5 Å². The Bertz CT molecular complexity index is 1130. The van der Waals surface area contributed by atoms with Gasteiger partial charge in [-0.05, 0) is 35.2 Å². The molecular weight excluding hydrogens is 318 g/mol. The molecule has 0 N–H and O–H groups in total. The molecular formula is C24H21NO. The highest BCUT2D eigenvalue weighted by atomic mass is 16.1. The fourth-order valence-corrected chi connectivity index (χ4v) is 3.61. The van der Waals surface area contributed by atoms with Crippen LogP contribution in [-0.4, -0.2) is 4.57 Å². The second kappa shape index (κ2) is 6.64. The minimum Gasteiger partial charge on any atom is -0.343 e. The first kappa shape index (κ1) is 16.3. The molecule has 0 aliphatic carbocycles. The quantitative estimate of drug-likeness (QED) is 0.487. The molecule has 0 saturated heterocycles. The number of nitrogens with zero attached hydrogens (tertiary/aromatic N) is 1. The molecule has 0 aliphatic heterocycles. The van der Waals surface area contributed by atoms with E-state index in [-0.39, 0.29) is 5.43 Å². The Morgan fingerprint density at radius 3 is 2.04 bits per heavy atom. The van der Waals surface area contributed by atoms with Gasteiger partial charge in [-0.1, -0.05) is 73.7 Å². The third kappa shape index (κ3) is 2.64. The molecule has 0 saturated carbocycles. The van der Waals surface area contributed by atoms with Crippen LogP contribution in [0.5, 0.6) is 0 Å². The first-order chi connectivity index (χ1) is 12.7. The van der Waals surface area contributed by atoms with Gasteiger partial charge in [-0.15, -0.1) is 0 Å². The van der Waals surface area contributed by atoms with Crippen molar-refractivity contribution in [2.24, 2.45) is 7.05 Å². The predicted molar refractivity (Wildman–Crippen MR) is 109 cm³/mol. The summed E-state index contributed by atoms with van der Waals surface area (Å²) in [5, 5.41) is 0.783. The monoisotopic (exact) mass is 339 g/mol. The standard InChI is InChI=1S/C24H21NO/c1-3-17-14-15-21-20(16-17)24(26)22(18-10-6-4-7-11-18)23(25(21)2)19-12-8-5-9-13-19/h4-16H,3H2,1-2H3. The zero-order chi connectivity index (χ0) is 18.1. The Labute approximate surface area is 153 Å². The summed E-state index contributed by atoms with van der Waals surface area (Å²) in [6, 6.07) is 26.3. The Morgan fingerprint density at radius 2 is 1.42 bits per heavy atom. The van der Waals surface area contributed by atoms with Crippen molar-refractivity contribution in [2.75, 3.05) is 0 Å². The van der Waals surface area contributed by atoms with Gasteiger partial charge in [0.05, 0.1) is 16.8 Å². The molecule has 0 amide bonds. The first-order valence-corrected chi connectivity index (χ1v) is 8.97. The van der Waals surface area contributed by atoms with Gasteiger partial charge in [-0.2, -0.15) is 0 Å². The van der Waals surface area contributed by atoms with Crippen molar-refractivity contribution in [3.8, 4) is 22.4 Å². The van der Waals surface area contributed by atoms with Crippen molar-refractivity contribution in [1.29, 1.82) is 0 Å². The lowest BCUT2D eigenvalue weighted by Crippen LogP contribution is -2.14. The van der Waals surface area contributed by atoms with E-state index >= 15 is 0 Å². The number of aromatic nitrogens is 1. The van der Waals surface area contributed by atoms with Crippen LogP contribution in [0.3, 0.4) is 0 Å². The summed E-state index contributed by atoms with van der Waals surface area (Å²) in [7, 11) is 2.04. The van der Waals surface area contributed by atoms with Crippen molar-refractivity contribution in [3.63, 3.8) is 0 Å². The molecule has 0 aliphatic rings. The lowest BCUT2D eigenvalue weighted by atomic mass is 9.95. The molecule has 128 valence electrons. The van der Waals surface area contributed by atoms with Gasteiger partial charge in [0.1, 0.15) is 0 Å². The Hall–Kier alpha value is -3.13. The number of aryl methyl sites for hydroxylation is 2. The summed E-state index contributed by atoms with van der Waals surface area (Å²) in [5.41, 5.74) is 5.96. The maximum absolute atomic E-state index is 13.5. The number of fused-ring (bicyclic) bond motifs is 1. The lowest BCUT2D eigenvalue weighted by molar-refractivity contribution is 0.961. The normalized spacial score (nSPS) is 11.0. The third-order valence-electron chi connectivity index (χ3n) is 4.98. The highest BCUT2D eigenvalue weighted by molar-refractivity contribution is 5.92. The van der Waals surface area contributed by atoms with E-state index in [0.717, 1.165) is 39.7 Å². The second-order valence-corrected chi connectivity index (χ2v) is 6.55. The van der Waals surface area contributed by atoms with Crippen molar-refractivity contribution in [2.45, 2.75) is 13.3 Å². The van der Waals surface area contributed by atoms with Crippen molar-refractivity contribution in [1.82, 2.24) is 4.57 Å². The summed E-state index contributed by atoms with van der Waals surface area (Å²) in [6.07, 6.45) is 0.917. The number of pyridine rings is 1. The van der Waals surface area contributed by atoms with Crippen LogP contribution < -0.4 is 5.43 Å². The van der Waals surface area contributed by atoms with Gasteiger partial charge >= 0.3 is 0 Å². The molecule has 3 aromatic carbocycles. The Morgan fingerprint density at radius 1 is 0.808 bits per heavy atom. The molecule has 0 atom stereocenters. The molecule has 0 spiro atoms. The van der Waals surface area contributed by atoms with Gasteiger partial charge < -0.3 is 4.57 Å². The van der Waals surface area contributed by atoms with E-state index in [1.165, 1.54) is 5.56 Å². The van der Waals surface area contributed by atoms with E-state index in [9.17, 15) is 4.79 Å². The van der Waals surface area contributed by atoms with Crippen molar-refractivity contribution in [3.05, 3.63) is 94.6 Å². The van der Waals surface area contributed by atoms with Crippen LogP contribution in [0, 0.1) is 0 Å². The van der Waals surface area contributed by atoms with Crippen LogP contribution in [0.4, 0.5) is 0 Å². The minimum absolute atomic E-state index is 0.0958. The van der Waals surface area contributed by atoms with Gasteiger partial charge in [0.15, 0.2) is 5.43 Å². The van der Waals surface area contributed by atoms with Crippen LogP contribution >= 0.6 is 0 Å². The van der Waals surface area contributed by atoms with Crippen LogP contribution in [0.15, 0.2) is 83.7 Å². The average molecular weight is 339 g/mol. The molecule has 1 aromatic heterocycles. The summed E-state index contributed by atoms with van der Waals surface area (Å²) in [4.78, 5) is 13.5. The molecule has 0 bridgehead atoms. The minimum atomic E-state index is 0.0958. The van der Waals surface area contributed by atoms with Gasteiger partial charge in [-0.25, -0.2) is 0 Å².